The summed E-state index contributed by atoms with van der Waals surface area (Å²) in [5.74, 6) is 0. The first-order chi connectivity index (χ1) is 30.0. The minimum atomic E-state index is -0.147. The quantitative estimate of drug-likeness (QED) is 0.156. The lowest BCUT2D eigenvalue weighted by Crippen LogP contribution is -2.61. The van der Waals surface area contributed by atoms with Crippen LogP contribution >= 0.6 is 0 Å². The van der Waals surface area contributed by atoms with E-state index in [1.807, 2.05) is 0 Å². The number of para-hydroxylation sites is 4. The molecule has 0 saturated heterocycles. The molecular formula is C57H42BN3. The van der Waals surface area contributed by atoms with E-state index in [9.17, 15) is 0 Å². The topological polar surface area (TPSA) is 9.72 Å². The molecule has 0 aromatic heterocycles. The van der Waals surface area contributed by atoms with Crippen molar-refractivity contribution in [3.05, 3.63) is 230 Å². The fraction of sp³-hybridized carbons (Fsp3) is 0.0526. The van der Waals surface area contributed by atoms with E-state index >= 15 is 0 Å². The molecule has 0 spiro atoms. The maximum absolute atomic E-state index is 2.55. The molecule has 1 aliphatic carbocycles. The molecule has 0 amide bonds. The molecule has 0 bridgehead atoms. The van der Waals surface area contributed by atoms with Gasteiger partial charge < -0.3 is 14.5 Å². The summed E-state index contributed by atoms with van der Waals surface area (Å²) in [5, 5.41) is 0. The van der Waals surface area contributed by atoms with Crippen LogP contribution in [-0.4, -0.2) is 6.98 Å². The van der Waals surface area contributed by atoms with Crippen molar-refractivity contribution in [1.29, 1.82) is 0 Å². The Kier molecular flexibility index (Phi) is 7.98. The summed E-state index contributed by atoms with van der Waals surface area (Å²) in [6, 6.07) is 80.5. The van der Waals surface area contributed by atoms with Crippen LogP contribution in [0.5, 0.6) is 0 Å². The Morgan fingerprint density at radius 2 is 0.820 bits per heavy atom. The van der Waals surface area contributed by atoms with E-state index in [4.69, 9.17) is 0 Å². The molecule has 0 saturated carbocycles. The Morgan fingerprint density at radius 1 is 0.361 bits per heavy atom. The van der Waals surface area contributed by atoms with Crippen molar-refractivity contribution in [1.82, 2.24) is 0 Å². The molecule has 9 aromatic carbocycles. The molecule has 2 heterocycles. The standard InChI is InChI=1S/C57H42BN3/c1-57(2)52-27-15-12-24-46(52)47-35-34-44(38-53(47)57)59(41-32-30-40(31-33-41)39-18-6-3-7-19-39)45-36-50-48-25-13-16-28-54(48)60(42-20-8-4-9-21-42)58-56(50)51(37-45)49-26-14-17-29-55(49)61(58)43-22-10-5-11-23-43/h3-38H,1-2H3. The van der Waals surface area contributed by atoms with E-state index in [0.717, 1.165) is 28.4 Å². The van der Waals surface area contributed by atoms with Crippen molar-refractivity contribution < 1.29 is 0 Å². The second-order valence-corrected chi connectivity index (χ2v) is 16.9. The van der Waals surface area contributed by atoms with Crippen molar-refractivity contribution in [2.24, 2.45) is 0 Å². The third-order valence-electron chi connectivity index (χ3n) is 13.2. The number of nitrogens with zero attached hydrogens (tertiary/aromatic N) is 3. The molecule has 0 radical (unpaired) electrons. The van der Waals surface area contributed by atoms with Crippen molar-refractivity contribution in [3.8, 4) is 44.5 Å². The fourth-order valence-electron chi connectivity index (χ4n) is 10.4. The number of hydrogen-bond donors (Lipinski definition) is 0. The Hall–Kier alpha value is -7.56. The molecule has 2 aliphatic heterocycles. The molecule has 61 heavy (non-hydrogen) atoms. The van der Waals surface area contributed by atoms with Gasteiger partial charge in [0.25, 0.3) is 0 Å². The summed E-state index contributed by atoms with van der Waals surface area (Å²) in [4.78, 5) is 7.58. The van der Waals surface area contributed by atoms with Gasteiger partial charge in [0.1, 0.15) is 0 Å². The van der Waals surface area contributed by atoms with Gasteiger partial charge in [-0.05, 0) is 123 Å². The molecule has 3 aliphatic rings. The number of rotatable bonds is 6. The zero-order chi connectivity index (χ0) is 40.7. The SMILES string of the molecule is CC1(C)c2ccccc2-c2ccc(N(c3ccc(-c4ccccc4)cc3)c3cc4c5c(c3)-c3ccccc3N(c3ccccc3)B5N(c3ccccc3)c3ccccc3-4)cc21. The number of benzene rings is 9. The monoisotopic (exact) mass is 779 g/mol. The predicted molar refractivity (Wildman–Crippen MR) is 258 cm³/mol. The summed E-state index contributed by atoms with van der Waals surface area (Å²) in [6.45, 7) is 4.59. The van der Waals surface area contributed by atoms with Crippen molar-refractivity contribution >= 4 is 52.3 Å². The Balaban J connectivity index is 1.13. The van der Waals surface area contributed by atoms with Crippen molar-refractivity contribution in [2.45, 2.75) is 19.3 Å². The fourth-order valence-corrected chi connectivity index (χ4v) is 10.4. The van der Waals surface area contributed by atoms with Crippen LogP contribution in [0.1, 0.15) is 25.0 Å². The Bertz CT molecular complexity index is 3010. The maximum Gasteiger partial charge on any atom is 0.421 e. The van der Waals surface area contributed by atoms with E-state index in [0.29, 0.717) is 0 Å². The van der Waals surface area contributed by atoms with Gasteiger partial charge in [0, 0.05) is 56.4 Å². The highest BCUT2D eigenvalue weighted by Gasteiger charge is 2.47. The Labute approximate surface area is 358 Å². The van der Waals surface area contributed by atoms with E-state index < -0.39 is 0 Å². The summed E-state index contributed by atoms with van der Waals surface area (Å²) in [6.07, 6.45) is 0. The van der Waals surface area contributed by atoms with Gasteiger partial charge in [-0.2, -0.15) is 0 Å². The highest BCUT2D eigenvalue weighted by molar-refractivity contribution is 6.86. The molecule has 0 unspecified atom stereocenters. The number of anilines is 7. The van der Waals surface area contributed by atoms with Crippen LogP contribution in [0, 0.1) is 0 Å². The highest BCUT2D eigenvalue weighted by Crippen LogP contribution is 2.53. The highest BCUT2D eigenvalue weighted by atomic mass is 15.2. The lowest BCUT2D eigenvalue weighted by atomic mass is 9.53. The summed E-state index contributed by atoms with van der Waals surface area (Å²) >= 11 is 0. The molecular weight excluding hydrogens is 737 g/mol. The van der Waals surface area contributed by atoms with E-state index in [1.54, 1.807) is 0 Å². The molecule has 4 heteroatoms. The predicted octanol–water partition coefficient (Wildman–Crippen LogP) is 14.5. The molecule has 288 valence electrons. The third-order valence-corrected chi connectivity index (χ3v) is 13.2. The van der Waals surface area contributed by atoms with Crippen molar-refractivity contribution in [3.63, 3.8) is 0 Å². The zero-order valence-electron chi connectivity index (χ0n) is 34.2. The van der Waals surface area contributed by atoms with E-state index in [1.165, 1.54) is 72.5 Å². The molecule has 3 nitrogen and oxygen atoms in total. The normalized spacial score (nSPS) is 13.8. The average Bonchev–Trinajstić information content (AvgIpc) is 3.55. The van der Waals surface area contributed by atoms with Gasteiger partial charge in [0.15, 0.2) is 0 Å². The Morgan fingerprint density at radius 3 is 1.41 bits per heavy atom. The van der Waals surface area contributed by atoms with Crippen LogP contribution in [-0.2, 0) is 5.41 Å². The number of hydrogen-bond acceptors (Lipinski definition) is 3. The van der Waals surface area contributed by atoms with Crippen molar-refractivity contribution in [2.75, 3.05) is 14.5 Å². The lowest BCUT2D eigenvalue weighted by molar-refractivity contribution is 0.660. The first kappa shape index (κ1) is 35.4. The lowest BCUT2D eigenvalue weighted by Gasteiger charge is -2.48. The third kappa shape index (κ3) is 5.45. The summed E-state index contributed by atoms with van der Waals surface area (Å²) in [5.41, 5.74) is 21.9. The van der Waals surface area contributed by atoms with Crippen LogP contribution in [0.4, 0.5) is 39.8 Å². The van der Waals surface area contributed by atoms with Gasteiger partial charge in [0.05, 0.1) is 0 Å². The first-order valence-corrected chi connectivity index (χ1v) is 21.3. The second kappa shape index (κ2) is 13.8. The minimum Gasteiger partial charge on any atom is -0.361 e. The smallest absolute Gasteiger partial charge is 0.361 e. The second-order valence-electron chi connectivity index (χ2n) is 16.9. The van der Waals surface area contributed by atoms with Crippen LogP contribution in [0.15, 0.2) is 218 Å². The molecule has 0 N–H and O–H groups in total. The maximum atomic E-state index is 2.55. The van der Waals surface area contributed by atoms with Gasteiger partial charge in [-0.25, -0.2) is 0 Å². The van der Waals surface area contributed by atoms with Gasteiger partial charge in [-0.15, -0.1) is 0 Å². The number of fused-ring (bicyclic) bond motifs is 7. The van der Waals surface area contributed by atoms with Gasteiger partial charge in [0.2, 0.25) is 0 Å². The largest absolute Gasteiger partial charge is 0.421 e. The molecule has 12 rings (SSSR count). The van der Waals surface area contributed by atoms with Gasteiger partial charge in [-0.3, -0.25) is 0 Å². The van der Waals surface area contributed by atoms with Gasteiger partial charge in [-0.1, -0.05) is 159 Å². The average molecular weight is 780 g/mol. The van der Waals surface area contributed by atoms with E-state index in [-0.39, 0.29) is 12.4 Å². The summed E-state index contributed by atoms with van der Waals surface area (Å²) in [7, 11) is 0. The van der Waals surface area contributed by atoms with Crippen LogP contribution in [0.25, 0.3) is 44.5 Å². The van der Waals surface area contributed by atoms with E-state index in [2.05, 4.69) is 247 Å². The minimum absolute atomic E-state index is 0.139. The van der Waals surface area contributed by atoms with Crippen LogP contribution in [0.3, 0.4) is 0 Å². The summed E-state index contributed by atoms with van der Waals surface area (Å²) < 4.78 is 0. The molecule has 0 atom stereocenters. The molecule has 9 aromatic rings. The van der Waals surface area contributed by atoms with Crippen LogP contribution in [0.2, 0.25) is 0 Å². The van der Waals surface area contributed by atoms with Crippen LogP contribution < -0.4 is 20.0 Å². The zero-order valence-corrected chi connectivity index (χ0v) is 34.2. The first-order valence-electron chi connectivity index (χ1n) is 21.3. The van der Waals surface area contributed by atoms with Gasteiger partial charge >= 0.3 is 6.98 Å². The molecule has 0 fully saturated rings.